The first-order valence-corrected chi connectivity index (χ1v) is 4.85. The van der Waals surface area contributed by atoms with E-state index in [2.05, 4.69) is 0 Å². The van der Waals surface area contributed by atoms with E-state index in [4.69, 9.17) is 36.6 Å². The molecule has 1 rings (SSSR count). The molecule has 0 saturated carbocycles. The summed E-state index contributed by atoms with van der Waals surface area (Å²) < 4.78 is 4.88. The average Bonchev–Trinajstić information content (AvgIpc) is 2.28. The maximum atomic E-state index is 8.86. The second-order valence-electron chi connectivity index (χ2n) is 2.71. The minimum atomic E-state index is -1.53. The van der Waals surface area contributed by atoms with Crippen molar-refractivity contribution < 1.29 is 25.0 Å². The van der Waals surface area contributed by atoms with Crippen molar-refractivity contribution in [3.8, 4) is 5.75 Å². The summed E-state index contributed by atoms with van der Waals surface area (Å²) in [6, 6.07) is 4.60. The molecule has 1 aromatic rings. The maximum absolute atomic E-state index is 8.86. The highest BCUT2D eigenvalue weighted by Crippen LogP contribution is 2.14. The predicted molar refractivity (Wildman–Crippen MR) is 62.0 cm³/mol. The van der Waals surface area contributed by atoms with Gasteiger partial charge in [0.05, 0.1) is 20.3 Å². The molecule has 0 aromatic heterocycles. The summed E-state index contributed by atoms with van der Waals surface area (Å²) in [5.74, 6) is 0.373. The van der Waals surface area contributed by atoms with Gasteiger partial charge in [-0.3, -0.25) is 0 Å². The summed E-state index contributed by atoms with van der Waals surface area (Å²) in [6.45, 7) is -0.250. The van der Waals surface area contributed by atoms with Crippen molar-refractivity contribution in [3.05, 3.63) is 23.2 Å². The molecule has 0 radical (unpaired) electrons. The fourth-order valence-corrected chi connectivity index (χ4v) is 1.06. The van der Waals surface area contributed by atoms with Crippen molar-refractivity contribution in [1.82, 2.24) is 0 Å². The lowest BCUT2D eigenvalue weighted by Gasteiger charge is -2.06. The van der Waals surface area contributed by atoms with Crippen LogP contribution in [0.5, 0.6) is 5.75 Å². The van der Waals surface area contributed by atoms with E-state index in [1.807, 2.05) is 0 Å². The second kappa shape index (κ2) is 8.38. The topological polar surface area (TPSA) is 90.2 Å². The van der Waals surface area contributed by atoms with Crippen LogP contribution in [0.2, 0.25) is 5.02 Å². The molecule has 0 aliphatic carbocycles. The highest BCUT2D eigenvalue weighted by Gasteiger charge is 2.16. The standard InChI is InChI=1S/C7H8BClO3.C2H6O2/c1-12-7-4-5(9)2-3-6(7)8(10)11;3-1-2-4/h2-4,10-11H,1H3;3-4H,1-2H2. The van der Waals surface area contributed by atoms with Crippen LogP contribution in [0.25, 0.3) is 0 Å². The van der Waals surface area contributed by atoms with E-state index in [0.29, 0.717) is 16.2 Å². The molecule has 0 aliphatic heterocycles. The van der Waals surface area contributed by atoms with Gasteiger partial charge in [-0.1, -0.05) is 17.7 Å². The van der Waals surface area contributed by atoms with Gasteiger partial charge >= 0.3 is 7.12 Å². The summed E-state index contributed by atoms with van der Waals surface area (Å²) in [7, 11) is -0.0883. The third-order valence-electron chi connectivity index (χ3n) is 1.57. The van der Waals surface area contributed by atoms with E-state index in [1.54, 1.807) is 6.07 Å². The highest BCUT2D eigenvalue weighted by molar-refractivity contribution is 6.59. The lowest BCUT2D eigenvalue weighted by atomic mass is 9.79. The van der Waals surface area contributed by atoms with Crippen LogP contribution < -0.4 is 10.2 Å². The van der Waals surface area contributed by atoms with Crippen LogP contribution >= 0.6 is 11.6 Å². The molecule has 1 aromatic carbocycles. The van der Waals surface area contributed by atoms with Crippen LogP contribution in [0.15, 0.2) is 18.2 Å². The molecule has 4 N–H and O–H groups in total. The molecule has 0 amide bonds. The molecule has 0 spiro atoms. The normalized spacial score (nSPS) is 9.12. The molecule has 7 heteroatoms. The van der Waals surface area contributed by atoms with Crippen LogP contribution in [0, 0.1) is 0 Å². The van der Waals surface area contributed by atoms with Crippen LogP contribution in [0.3, 0.4) is 0 Å². The number of ether oxygens (including phenoxy) is 1. The predicted octanol–water partition coefficient (Wildman–Crippen LogP) is -1.00. The Morgan fingerprint density at radius 3 is 2.19 bits per heavy atom. The number of aliphatic hydroxyl groups excluding tert-OH is 2. The van der Waals surface area contributed by atoms with E-state index >= 15 is 0 Å². The smallest absolute Gasteiger partial charge is 0.492 e. The molecule has 90 valence electrons. The van der Waals surface area contributed by atoms with Gasteiger partial charge in [0.2, 0.25) is 0 Å². The SMILES string of the molecule is COc1cc(Cl)ccc1B(O)O.OCCO. The molecule has 0 aliphatic rings. The number of methoxy groups -OCH3 is 1. The van der Waals surface area contributed by atoms with Crippen molar-refractivity contribution in [2.24, 2.45) is 0 Å². The summed E-state index contributed by atoms with van der Waals surface area (Å²) in [6.07, 6.45) is 0. The molecule has 0 saturated heterocycles. The molecule has 0 atom stereocenters. The maximum Gasteiger partial charge on any atom is 0.492 e. The Morgan fingerprint density at radius 1 is 1.25 bits per heavy atom. The number of aliphatic hydroxyl groups is 2. The van der Waals surface area contributed by atoms with Crippen molar-refractivity contribution in [1.29, 1.82) is 0 Å². The van der Waals surface area contributed by atoms with Gasteiger partial charge in [-0.05, 0) is 12.1 Å². The number of benzene rings is 1. The summed E-state index contributed by atoms with van der Waals surface area (Å²) in [5.41, 5.74) is 0.307. The lowest BCUT2D eigenvalue weighted by molar-refractivity contribution is 0.186. The zero-order valence-corrected chi connectivity index (χ0v) is 9.55. The van der Waals surface area contributed by atoms with Crippen LogP contribution in [-0.2, 0) is 0 Å². The summed E-state index contributed by atoms with van der Waals surface area (Å²) in [5, 5.41) is 33.5. The summed E-state index contributed by atoms with van der Waals surface area (Å²) in [4.78, 5) is 0. The van der Waals surface area contributed by atoms with E-state index in [1.165, 1.54) is 19.2 Å². The van der Waals surface area contributed by atoms with Gasteiger partial charge in [-0.25, -0.2) is 0 Å². The van der Waals surface area contributed by atoms with Gasteiger partial charge < -0.3 is 25.0 Å². The largest absolute Gasteiger partial charge is 0.497 e. The lowest BCUT2D eigenvalue weighted by Crippen LogP contribution is -2.30. The van der Waals surface area contributed by atoms with Crippen molar-refractivity contribution in [2.45, 2.75) is 0 Å². The number of halogens is 1. The van der Waals surface area contributed by atoms with Gasteiger partial charge in [0, 0.05) is 10.5 Å². The Hall–Kier alpha value is -0.785. The molecule has 0 heterocycles. The first kappa shape index (κ1) is 15.2. The minimum Gasteiger partial charge on any atom is -0.497 e. The Labute approximate surface area is 99.0 Å². The zero-order chi connectivity index (χ0) is 12.6. The van der Waals surface area contributed by atoms with E-state index in [-0.39, 0.29) is 13.2 Å². The van der Waals surface area contributed by atoms with Crippen LogP contribution in [0.4, 0.5) is 0 Å². The fourth-order valence-electron chi connectivity index (χ4n) is 0.898. The molecular formula is C9H14BClO5. The monoisotopic (exact) mass is 248 g/mol. The van der Waals surface area contributed by atoms with E-state index in [9.17, 15) is 0 Å². The molecular weight excluding hydrogens is 234 g/mol. The third kappa shape index (κ3) is 5.34. The Bertz CT molecular complexity index is 306. The summed E-state index contributed by atoms with van der Waals surface area (Å²) >= 11 is 5.66. The Kier molecular flexibility index (Phi) is 7.97. The minimum absolute atomic E-state index is 0.125. The number of hydrogen-bond donors (Lipinski definition) is 4. The van der Waals surface area contributed by atoms with Gasteiger partial charge in [0.15, 0.2) is 0 Å². The number of rotatable bonds is 3. The average molecular weight is 248 g/mol. The number of hydrogen-bond acceptors (Lipinski definition) is 5. The van der Waals surface area contributed by atoms with Gasteiger partial charge in [-0.15, -0.1) is 0 Å². The van der Waals surface area contributed by atoms with Gasteiger partial charge in [-0.2, -0.15) is 0 Å². The highest BCUT2D eigenvalue weighted by atomic mass is 35.5. The third-order valence-corrected chi connectivity index (χ3v) is 1.81. The molecule has 16 heavy (non-hydrogen) atoms. The Morgan fingerprint density at radius 2 is 1.81 bits per heavy atom. The molecule has 0 fully saturated rings. The quantitative estimate of drug-likeness (QED) is 0.515. The van der Waals surface area contributed by atoms with Crippen LogP contribution in [0.1, 0.15) is 0 Å². The first-order chi connectivity index (χ1) is 7.56. The van der Waals surface area contributed by atoms with Crippen molar-refractivity contribution >= 4 is 24.2 Å². The zero-order valence-electron chi connectivity index (χ0n) is 8.80. The van der Waals surface area contributed by atoms with Gasteiger partial charge in [0.25, 0.3) is 0 Å². The van der Waals surface area contributed by atoms with Crippen molar-refractivity contribution in [2.75, 3.05) is 20.3 Å². The first-order valence-electron chi connectivity index (χ1n) is 4.48. The van der Waals surface area contributed by atoms with Crippen LogP contribution in [-0.4, -0.2) is 47.7 Å². The van der Waals surface area contributed by atoms with Gasteiger partial charge in [0.1, 0.15) is 5.75 Å². The molecule has 0 bridgehead atoms. The second-order valence-corrected chi connectivity index (χ2v) is 3.14. The van der Waals surface area contributed by atoms with E-state index in [0.717, 1.165) is 0 Å². The fraction of sp³-hybridized carbons (Fsp3) is 0.333. The Balaban J connectivity index is 0.000000487. The molecule has 5 nitrogen and oxygen atoms in total. The van der Waals surface area contributed by atoms with E-state index < -0.39 is 7.12 Å². The van der Waals surface area contributed by atoms with Crippen molar-refractivity contribution in [3.63, 3.8) is 0 Å². The molecule has 0 unspecified atom stereocenters.